The van der Waals surface area contributed by atoms with E-state index in [0.717, 1.165) is 17.0 Å². The second-order valence-electron chi connectivity index (χ2n) is 3.82. The predicted octanol–water partition coefficient (Wildman–Crippen LogP) is 2.63. The van der Waals surface area contributed by atoms with Gasteiger partial charge in [0.1, 0.15) is 5.78 Å². The summed E-state index contributed by atoms with van der Waals surface area (Å²) < 4.78 is 5.53. The lowest BCUT2D eigenvalue weighted by Gasteiger charge is -2.21. The molecule has 0 amide bonds. The van der Waals surface area contributed by atoms with Crippen molar-refractivity contribution >= 4 is 17.4 Å². The molecule has 0 spiro atoms. The van der Waals surface area contributed by atoms with Crippen molar-refractivity contribution in [3.8, 4) is 0 Å². The van der Waals surface area contributed by atoms with E-state index in [1.165, 1.54) is 0 Å². The number of hydrogen-bond donors (Lipinski definition) is 0. The lowest BCUT2D eigenvalue weighted by Crippen LogP contribution is -2.27. The fraction of sp³-hybridized carbons (Fsp3) is 0.417. The predicted molar refractivity (Wildman–Crippen MR) is 59.1 cm³/mol. The molecule has 1 aliphatic rings. The minimum atomic E-state index is 0.0321. The van der Waals surface area contributed by atoms with Gasteiger partial charge in [0, 0.05) is 17.9 Å². The van der Waals surface area contributed by atoms with Crippen LogP contribution in [0.25, 0.3) is 0 Å². The molecular formula is C12H13ClO2. The molecule has 1 aromatic carbocycles. The Kier molecular flexibility index (Phi) is 3.39. The summed E-state index contributed by atoms with van der Waals surface area (Å²) in [6.45, 7) is 0.560. The first-order chi connectivity index (χ1) is 7.24. The molecule has 0 bridgehead atoms. The van der Waals surface area contributed by atoms with E-state index in [2.05, 4.69) is 0 Å². The third-order valence-electron chi connectivity index (χ3n) is 2.54. The summed E-state index contributed by atoms with van der Waals surface area (Å²) in [5.74, 6) is 0.299. The Labute approximate surface area is 94.2 Å². The lowest BCUT2D eigenvalue weighted by atomic mass is 10.0. The molecule has 1 aliphatic heterocycles. The average Bonchev–Trinajstić information content (AvgIpc) is 2.17. The number of hydrogen-bond acceptors (Lipinski definition) is 2. The lowest BCUT2D eigenvalue weighted by molar-refractivity contribution is -0.128. The molecule has 15 heavy (non-hydrogen) atoms. The third-order valence-corrected chi connectivity index (χ3v) is 2.78. The van der Waals surface area contributed by atoms with Crippen molar-refractivity contribution in [2.75, 3.05) is 6.61 Å². The van der Waals surface area contributed by atoms with E-state index in [9.17, 15) is 4.79 Å². The zero-order valence-electron chi connectivity index (χ0n) is 8.41. The standard InChI is InChI=1S/C12H13ClO2/c13-10-3-1-2-9(6-10)7-12-8-11(14)4-5-15-12/h1-3,6,12H,4-5,7-8H2. The maximum Gasteiger partial charge on any atom is 0.137 e. The Morgan fingerprint density at radius 2 is 2.33 bits per heavy atom. The van der Waals surface area contributed by atoms with Gasteiger partial charge in [-0.3, -0.25) is 4.79 Å². The van der Waals surface area contributed by atoms with Crippen molar-refractivity contribution in [3.63, 3.8) is 0 Å². The van der Waals surface area contributed by atoms with Crippen LogP contribution in [-0.2, 0) is 16.0 Å². The fourth-order valence-electron chi connectivity index (χ4n) is 1.81. The maximum absolute atomic E-state index is 11.2. The molecule has 2 nitrogen and oxygen atoms in total. The summed E-state index contributed by atoms with van der Waals surface area (Å²) in [4.78, 5) is 11.2. The highest BCUT2D eigenvalue weighted by atomic mass is 35.5. The largest absolute Gasteiger partial charge is 0.377 e. The van der Waals surface area contributed by atoms with E-state index in [1.54, 1.807) is 0 Å². The van der Waals surface area contributed by atoms with Gasteiger partial charge in [0.25, 0.3) is 0 Å². The quantitative estimate of drug-likeness (QED) is 0.772. The summed E-state index contributed by atoms with van der Waals surface area (Å²) in [5, 5.41) is 0.731. The van der Waals surface area contributed by atoms with Crippen LogP contribution in [0.4, 0.5) is 0 Å². The Morgan fingerprint density at radius 1 is 1.47 bits per heavy atom. The molecule has 1 saturated heterocycles. The molecule has 0 radical (unpaired) electrons. The van der Waals surface area contributed by atoms with Gasteiger partial charge in [0.2, 0.25) is 0 Å². The highest BCUT2D eigenvalue weighted by Gasteiger charge is 2.20. The van der Waals surface area contributed by atoms with Crippen molar-refractivity contribution in [1.29, 1.82) is 0 Å². The van der Waals surface area contributed by atoms with E-state index in [1.807, 2.05) is 24.3 Å². The third kappa shape index (κ3) is 3.05. The Hall–Kier alpha value is -0.860. The molecule has 2 rings (SSSR count). The maximum atomic E-state index is 11.2. The second-order valence-corrected chi connectivity index (χ2v) is 4.26. The molecule has 0 aliphatic carbocycles. The molecule has 80 valence electrons. The van der Waals surface area contributed by atoms with Crippen molar-refractivity contribution in [1.82, 2.24) is 0 Å². The van der Waals surface area contributed by atoms with Gasteiger partial charge in [-0.15, -0.1) is 0 Å². The topological polar surface area (TPSA) is 26.3 Å². The number of ketones is 1. The number of carbonyl (C=O) groups is 1. The summed E-state index contributed by atoms with van der Waals surface area (Å²) in [6.07, 6.45) is 1.90. The van der Waals surface area contributed by atoms with E-state index >= 15 is 0 Å². The molecule has 1 aromatic rings. The summed E-state index contributed by atoms with van der Waals surface area (Å²) in [5.41, 5.74) is 1.13. The van der Waals surface area contributed by atoms with Crippen molar-refractivity contribution in [2.45, 2.75) is 25.4 Å². The summed E-state index contributed by atoms with van der Waals surface area (Å²) in [6, 6.07) is 7.69. The number of benzene rings is 1. The Bertz CT molecular complexity index is 362. The highest BCUT2D eigenvalue weighted by molar-refractivity contribution is 6.30. The second kappa shape index (κ2) is 4.77. The summed E-state index contributed by atoms with van der Waals surface area (Å²) >= 11 is 5.88. The molecule has 0 saturated carbocycles. The van der Waals surface area contributed by atoms with E-state index in [-0.39, 0.29) is 6.10 Å². The van der Waals surface area contributed by atoms with Crippen LogP contribution in [-0.4, -0.2) is 18.5 Å². The van der Waals surface area contributed by atoms with Gasteiger partial charge in [0.05, 0.1) is 12.7 Å². The molecule has 1 unspecified atom stereocenters. The molecule has 1 heterocycles. The van der Waals surface area contributed by atoms with Crippen molar-refractivity contribution in [2.24, 2.45) is 0 Å². The smallest absolute Gasteiger partial charge is 0.137 e. The Morgan fingerprint density at radius 3 is 3.07 bits per heavy atom. The molecule has 3 heteroatoms. The van der Waals surface area contributed by atoms with Crippen LogP contribution in [0.15, 0.2) is 24.3 Å². The van der Waals surface area contributed by atoms with Crippen LogP contribution >= 0.6 is 11.6 Å². The zero-order valence-corrected chi connectivity index (χ0v) is 9.17. The van der Waals surface area contributed by atoms with Crippen LogP contribution in [0.5, 0.6) is 0 Å². The Balaban J connectivity index is 1.99. The first-order valence-corrected chi connectivity index (χ1v) is 5.49. The van der Waals surface area contributed by atoms with E-state index in [0.29, 0.717) is 25.2 Å². The fourth-order valence-corrected chi connectivity index (χ4v) is 2.03. The van der Waals surface area contributed by atoms with Gasteiger partial charge in [-0.25, -0.2) is 0 Å². The number of Topliss-reactive ketones (excluding diaryl/α,β-unsaturated/α-hetero) is 1. The number of halogens is 1. The average molecular weight is 225 g/mol. The van der Waals surface area contributed by atoms with Crippen LogP contribution in [0.2, 0.25) is 5.02 Å². The monoisotopic (exact) mass is 224 g/mol. The van der Waals surface area contributed by atoms with Crippen LogP contribution in [0.3, 0.4) is 0 Å². The van der Waals surface area contributed by atoms with Gasteiger partial charge in [0.15, 0.2) is 0 Å². The zero-order chi connectivity index (χ0) is 10.7. The molecular weight excluding hydrogens is 212 g/mol. The number of carbonyl (C=O) groups excluding carboxylic acids is 1. The van der Waals surface area contributed by atoms with Gasteiger partial charge in [-0.1, -0.05) is 23.7 Å². The molecule has 0 N–H and O–H groups in total. The number of rotatable bonds is 2. The number of ether oxygens (including phenoxy) is 1. The normalized spacial score (nSPS) is 21.7. The minimum Gasteiger partial charge on any atom is -0.377 e. The van der Waals surface area contributed by atoms with Crippen molar-refractivity contribution < 1.29 is 9.53 Å². The first kappa shape index (κ1) is 10.7. The summed E-state index contributed by atoms with van der Waals surface area (Å²) in [7, 11) is 0. The van der Waals surface area contributed by atoms with Gasteiger partial charge in [-0.05, 0) is 24.1 Å². The molecule has 1 atom stereocenters. The minimum absolute atomic E-state index is 0.0321. The van der Waals surface area contributed by atoms with E-state index < -0.39 is 0 Å². The van der Waals surface area contributed by atoms with Crippen molar-refractivity contribution in [3.05, 3.63) is 34.9 Å². The molecule has 0 aromatic heterocycles. The van der Waals surface area contributed by atoms with Crippen LogP contribution in [0, 0.1) is 0 Å². The molecule has 1 fully saturated rings. The van der Waals surface area contributed by atoms with Gasteiger partial charge in [-0.2, -0.15) is 0 Å². The first-order valence-electron chi connectivity index (χ1n) is 5.12. The van der Waals surface area contributed by atoms with Crippen LogP contribution < -0.4 is 0 Å². The van der Waals surface area contributed by atoms with E-state index in [4.69, 9.17) is 16.3 Å². The SMILES string of the molecule is O=C1CCOC(Cc2cccc(Cl)c2)C1. The van der Waals surface area contributed by atoms with Crippen LogP contribution in [0.1, 0.15) is 18.4 Å². The highest BCUT2D eigenvalue weighted by Crippen LogP contribution is 2.17. The van der Waals surface area contributed by atoms with Gasteiger partial charge < -0.3 is 4.74 Å². The van der Waals surface area contributed by atoms with Gasteiger partial charge >= 0.3 is 0 Å².